The summed E-state index contributed by atoms with van der Waals surface area (Å²) in [5.41, 5.74) is -0.514. The van der Waals surface area contributed by atoms with Crippen LogP contribution in [0.1, 0.15) is 17.7 Å². The molecule has 0 radical (unpaired) electrons. The van der Waals surface area contributed by atoms with Gasteiger partial charge in [0.05, 0.1) is 17.7 Å². The van der Waals surface area contributed by atoms with E-state index >= 15 is 0 Å². The van der Waals surface area contributed by atoms with Crippen LogP contribution >= 0.6 is 31.9 Å². The van der Waals surface area contributed by atoms with Gasteiger partial charge in [-0.15, -0.1) is 0 Å². The maximum atomic E-state index is 12.6. The van der Waals surface area contributed by atoms with Gasteiger partial charge in [0.15, 0.2) is 0 Å². The van der Waals surface area contributed by atoms with Crippen LogP contribution < -0.4 is 0 Å². The zero-order valence-corrected chi connectivity index (χ0v) is 10.3. The molecule has 7 heteroatoms. The second kappa shape index (κ2) is 4.98. The number of nitrogens with zero attached hydrogens (tertiary/aromatic N) is 1. The number of carboxylic acid groups (broad SMARTS) is 1. The van der Waals surface area contributed by atoms with Gasteiger partial charge < -0.3 is 5.11 Å². The number of aromatic nitrogens is 1. The summed E-state index contributed by atoms with van der Waals surface area (Å²) in [5, 5.41) is 8.54. The molecule has 1 rings (SSSR count). The molecule has 0 bridgehead atoms. The minimum atomic E-state index is -2.76. The maximum absolute atomic E-state index is 12.6. The van der Waals surface area contributed by atoms with Crippen LogP contribution in [0.15, 0.2) is 15.1 Å². The lowest BCUT2D eigenvalue weighted by Crippen LogP contribution is -2.07. The molecule has 15 heavy (non-hydrogen) atoms. The zero-order chi connectivity index (χ0) is 11.6. The van der Waals surface area contributed by atoms with Gasteiger partial charge in [-0.1, -0.05) is 15.9 Å². The topological polar surface area (TPSA) is 50.2 Å². The van der Waals surface area contributed by atoms with E-state index in [1.807, 2.05) is 0 Å². The largest absolute Gasteiger partial charge is 0.481 e. The Balaban J connectivity index is 3.26. The average Bonchev–Trinajstić information content (AvgIpc) is 1.99. The van der Waals surface area contributed by atoms with Crippen LogP contribution in [0.3, 0.4) is 0 Å². The van der Waals surface area contributed by atoms with Gasteiger partial charge in [-0.05, 0) is 22.0 Å². The smallest absolute Gasteiger partial charge is 0.309 e. The van der Waals surface area contributed by atoms with Gasteiger partial charge in [0, 0.05) is 4.47 Å². The van der Waals surface area contributed by atoms with Crippen molar-refractivity contribution in [2.45, 2.75) is 12.8 Å². The molecular weight excluding hydrogens is 340 g/mol. The first kappa shape index (κ1) is 12.5. The van der Waals surface area contributed by atoms with E-state index in [0.717, 1.165) is 0 Å². The predicted molar refractivity (Wildman–Crippen MR) is 55.9 cm³/mol. The molecule has 0 aliphatic heterocycles. The summed E-state index contributed by atoms with van der Waals surface area (Å²) < 4.78 is 25.6. The van der Waals surface area contributed by atoms with Gasteiger partial charge in [-0.2, -0.15) is 0 Å². The molecule has 0 unspecified atom stereocenters. The van der Waals surface area contributed by atoms with Crippen LogP contribution in [-0.4, -0.2) is 16.1 Å². The molecule has 0 aliphatic carbocycles. The Kier molecular flexibility index (Phi) is 4.15. The standard InChI is InChI=1S/C8H5Br2F2NO2/c9-3-1-5(10)13-4(2-6(14)15)7(3)8(11)12/h1,8H,2H2,(H,14,15). The van der Waals surface area contributed by atoms with Crippen molar-refractivity contribution >= 4 is 37.8 Å². The number of alkyl halides is 2. The van der Waals surface area contributed by atoms with Crippen LogP contribution in [-0.2, 0) is 11.2 Å². The van der Waals surface area contributed by atoms with Crippen LogP contribution in [0.2, 0.25) is 0 Å². The molecule has 0 amide bonds. The van der Waals surface area contributed by atoms with E-state index in [4.69, 9.17) is 5.11 Å². The van der Waals surface area contributed by atoms with Crippen molar-refractivity contribution in [1.29, 1.82) is 0 Å². The Morgan fingerprint density at radius 1 is 1.53 bits per heavy atom. The average molecular weight is 345 g/mol. The fraction of sp³-hybridized carbons (Fsp3) is 0.250. The zero-order valence-electron chi connectivity index (χ0n) is 7.18. The third-order valence-electron chi connectivity index (χ3n) is 1.59. The highest BCUT2D eigenvalue weighted by Gasteiger charge is 2.20. The van der Waals surface area contributed by atoms with E-state index in [1.165, 1.54) is 6.07 Å². The summed E-state index contributed by atoms with van der Waals surface area (Å²) in [4.78, 5) is 14.2. The summed E-state index contributed by atoms with van der Waals surface area (Å²) in [6.45, 7) is 0. The highest BCUT2D eigenvalue weighted by molar-refractivity contribution is 9.11. The number of pyridine rings is 1. The van der Waals surface area contributed by atoms with Crippen molar-refractivity contribution < 1.29 is 18.7 Å². The molecule has 0 spiro atoms. The fourth-order valence-electron chi connectivity index (χ4n) is 1.05. The van der Waals surface area contributed by atoms with Gasteiger partial charge in [0.2, 0.25) is 0 Å². The van der Waals surface area contributed by atoms with E-state index in [0.29, 0.717) is 4.60 Å². The van der Waals surface area contributed by atoms with E-state index in [9.17, 15) is 13.6 Å². The Hall–Kier alpha value is -0.560. The molecule has 0 atom stereocenters. The lowest BCUT2D eigenvalue weighted by Gasteiger charge is -2.08. The predicted octanol–water partition coefficient (Wildman–Crippen LogP) is 3.17. The first-order valence-electron chi connectivity index (χ1n) is 3.76. The van der Waals surface area contributed by atoms with Crippen molar-refractivity contribution in [3.05, 3.63) is 26.4 Å². The van der Waals surface area contributed by atoms with Crippen LogP contribution in [0.5, 0.6) is 0 Å². The van der Waals surface area contributed by atoms with Crippen molar-refractivity contribution in [1.82, 2.24) is 4.98 Å². The molecule has 1 N–H and O–H groups in total. The number of carbonyl (C=O) groups is 1. The number of aliphatic carboxylic acids is 1. The second-order valence-corrected chi connectivity index (χ2v) is 4.33. The van der Waals surface area contributed by atoms with Gasteiger partial charge >= 0.3 is 5.97 Å². The third kappa shape index (κ3) is 3.20. The summed E-state index contributed by atoms with van der Waals surface area (Å²) in [5.74, 6) is -1.20. The normalized spacial score (nSPS) is 10.7. The van der Waals surface area contributed by atoms with Gasteiger partial charge in [-0.25, -0.2) is 13.8 Å². The number of hydrogen-bond donors (Lipinski definition) is 1. The summed E-state index contributed by atoms with van der Waals surface area (Å²) in [6, 6.07) is 1.35. The first-order valence-corrected chi connectivity index (χ1v) is 5.35. The lowest BCUT2D eigenvalue weighted by molar-refractivity contribution is -0.136. The molecule has 0 saturated heterocycles. The van der Waals surface area contributed by atoms with Crippen LogP contribution in [0, 0.1) is 0 Å². The highest BCUT2D eigenvalue weighted by Crippen LogP contribution is 2.31. The molecule has 1 heterocycles. The molecule has 0 aliphatic rings. The summed E-state index contributed by atoms with van der Waals surface area (Å²) in [7, 11) is 0. The molecule has 3 nitrogen and oxygen atoms in total. The van der Waals surface area contributed by atoms with E-state index in [1.54, 1.807) is 0 Å². The van der Waals surface area contributed by atoms with Crippen molar-refractivity contribution in [3.63, 3.8) is 0 Å². The van der Waals surface area contributed by atoms with E-state index in [-0.39, 0.29) is 15.7 Å². The van der Waals surface area contributed by atoms with Crippen molar-refractivity contribution in [2.75, 3.05) is 0 Å². The molecular formula is C8H5Br2F2NO2. The summed E-state index contributed by atoms with van der Waals surface area (Å²) >= 11 is 5.95. The van der Waals surface area contributed by atoms with Gasteiger partial charge in [-0.3, -0.25) is 4.79 Å². The third-order valence-corrected chi connectivity index (χ3v) is 2.66. The second-order valence-electron chi connectivity index (χ2n) is 2.66. The SMILES string of the molecule is O=C(O)Cc1nc(Br)cc(Br)c1C(F)F. The Morgan fingerprint density at radius 2 is 2.13 bits per heavy atom. The van der Waals surface area contributed by atoms with E-state index < -0.39 is 18.8 Å². The minimum absolute atomic E-state index is 0.140. The molecule has 82 valence electrons. The molecule has 1 aromatic heterocycles. The monoisotopic (exact) mass is 343 g/mol. The molecule has 0 aromatic carbocycles. The van der Waals surface area contributed by atoms with Gasteiger partial charge in [0.25, 0.3) is 6.43 Å². The molecule has 1 aromatic rings. The highest BCUT2D eigenvalue weighted by atomic mass is 79.9. The maximum Gasteiger partial charge on any atom is 0.309 e. The molecule has 0 fully saturated rings. The van der Waals surface area contributed by atoms with Crippen molar-refractivity contribution in [3.8, 4) is 0 Å². The number of carboxylic acids is 1. The fourth-order valence-corrected chi connectivity index (χ4v) is 2.42. The van der Waals surface area contributed by atoms with Gasteiger partial charge in [0.1, 0.15) is 4.60 Å². The minimum Gasteiger partial charge on any atom is -0.481 e. The number of hydrogen-bond acceptors (Lipinski definition) is 2. The Morgan fingerprint density at radius 3 is 2.60 bits per heavy atom. The van der Waals surface area contributed by atoms with E-state index in [2.05, 4.69) is 36.8 Å². The number of rotatable bonds is 3. The number of halogens is 4. The quantitative estimate of drug-likeness (QED) is 0.857. The molecule has 0 saturated carbocycles. The van der Waals surface area contributed by atoms with Crippen molar-refractivity contribution in [2.24, 2.45) is 0 Å². The first-order chi connectivity index (χ1) is 6.91. The lowest BCUT2D eigenvalue weighted by atomic mass is 10.1. The summed E-state index contributed by atoms with van der Waals surface area (Å²) in [6.07, 6.45) is -3.29. The van der Waals surface area contributed by atoms with Crippen LogP contribution in [0.4, 0.5) is 8.78 Å². The Labute approximate surface area is 101 Å². The van der Waals surface area contributed by atoms with Crippen LogP contribution in [0.25, 0.3) is 0 Å². The Bertz CT molecular complexity index is 398.